The minimum atomic E-state index is -0.685. The van der Waals surface area contributed by atoms with Crippen LogP contribution in [0.4, 0.5) is 4.79 Å². The van der Waals surface area contributed by atoms with Gasteiger partial charge in [-0.05, 0) is 39.2 Å². The second kappa shape index (κ2) is 8.20. The first-order valence-corrected chi connectivity index (χ1v) is 9.94. The van der Waals surface area contributed by atoms with E-state index in [1.165, 1.54) is 4.90 Å². The van der Waals surface area contributed by atoms with E-state index in [0.717, 1.165) is 29.7 Å². The molecule has 0 aromatic heterocycles. The van der Waals surface area contributed by atoms with Crippen LogP contribution in [0.1, 0.15) is 62.6 Å². The first-order valence-electron chi connectivity index (χ1n) is 9.94. The lowest BCUT2D eigenvalue weighted by atomic mass is 9.98. The number of aryl methyl sites for hydroxylation is 1. The van der Waals surface area contributed by atoms with E-state index in [4.69, 9.17) is 4.74 Å². The summed E-state index contributed by atoms with van der Waals surface area (Å²) in [7, 11) is 1.61. The molecule has 1 aromatic carbocycles. The molecule has 1 aromatic rings. The van der Waals surface area contributed by atoms with Crippen LogP contribution in [0.5, 0.6) is 5.75 Å². The maximum atomic E-state index is 12.6. The molecule has 2 N–H and O–H groups in total. The van der Waals surface area contributed by atoms with Crippen LogP contribution in [-0.2, 0) is 9.59 Å². The van der Waals surface area contributed by atoms with Gasteiger partial charge in [-0.25, -0.2) is 4.79 Å². The Bertz CT molecular complexity index is 771. The molecule has 152 valence electrons. The summed E-state index contributed by atoms with van der Waals surface area (Å²) in [6.45, 7) is 4.17. The number of ether oxygens (including phenoxy) is 1. The third kappa shape index (κ3) is 3.98. The predicted octanol–water partition coefficient (Wildman–Crippen LogP) is 2.83. The second-order valence-electron chi connectivity index (χ2n) is 7.81. The Labute approximate surface area is 165 Å². The maximum absolute atomic E-state index is 12.6. The number of imide groups is 1. The molecule has 1 heterocycles. The summed E-state index contributed by atoms with van der Waals surface area (Å²) in [5.74, 6) is 0.492. The number of methoxy groups -OCH3 is 1. The molecule has 1 unspecified atom stereocenters. The van der Waals surface area contributed by atoms with Crippen molar-refractivity contribution in [2.45, 2.75) is 64.0 Å². The molecular weight excluding hydrogens is 358 g/mol. The minimum Gasteiger partial charge on any atom is -0.496 e. The molecule has 1 spiro atoms. The number of rotatable bonds is 7. The number of benzene rings is 1. The molecule has 28 heavy (non-hydrogen) atoms. The number of hydrogen-bond acceptors (Lipinski definition) is 4. The number of nitrogens with zero attached hydrogens (tertiary/aromatic N) is 1. The van der Waals surface area contributed by atoms with E-state index in [9.17, 15) is 14.4 Å². The molecule has 7 nitrogen and oxygen atoms in total. The average molecular weight is 387 g/mol. The quantitative estimate of drug-likeness (QED) is 0.704. The molecule has 1 atom stereocenters. The zero-order chi connectivity index (χ0) is 20.3. The van der Waals surface area contributed by atoms with Crippen molar-refractivity contribution in [1.82, 2.24) is 15.5 Å². The van der Waals surface area contributed by atoms with Gasteiger partial charge in [-0.2, -0.15) is 0 Å². The van der Waals surface area contributed by atoms with Crippen molar-refractivity contribution in [3.8, 4) is 5.75 Å². The van der Waals surface area contributed by atoms with Crippen LogP contribution in [0, 0.1) is 6.92 Å². The third-order valence-electron chi connectivity index (χ3n) is 5.72. The maximum Gasteiger partial charge on any atom is 0.325 e. The molecule has 2 fully saturated rings. The summed E-state index contributed by atoms with van der Waals surface area (Å²) in [4.78, 5) is 38.4. The zero-order valence-electron chi connectivity index (χ0n) is 16.8. The topological polar surface area (TPSA) is 87.7 Å². The molecule has 7 heteroatoms. The highest BCUT2D eigenvalue weighted by Crippen LogP contribution is 2.35. The van der Waals surface area contributed by atoms with E-state index in [2.05, 4.69) is 10.6 Å². The van der Waals surface area contributed by atoms with Crippen molar-refractivity contribution in [1.29, 1.82) is 0 Å². The summed E-state index contributed by atoms with van der Waals surface area (Å²) in [5, 5.41) is 5.83. The fraction of sp³-hybridized carbons (Fsp3) is 0.571. The predicted molar refractivity (Wildman–Crippen MR) is 105 cm³/mol. The van der Waals surface area contributed by atoms with Crippen LogP contribution in [0.25, 0.3) is 0 Å². The van der Waals surface area contributed by atoms with E-state index in [1.54, 1.807) is 7.11 Å². The lowest BCUT2D eigenvalue weighted by molar-refractivity contribution is -0.131. The van der Waals surface area contributed by atoms with Crippen LogP contribution >= 0.6 is 0 Å². The molecule has 1 aliphatic heterocycles. The summed E-state index contributed by atoms with van der Waals surface area (Å²) in [5.41, 5.74) is 1.33. The molecule has 0 bridgehead atoms. The standard InChI is InChI=1S/C21H29N3O4/c1-14-8-9-17(28-3)16(13-14)15(2)22-18(25)7-6-12-24-19(26)21(23-20(24)27)10-4-5-11-21/h8-9,13,15H,4-7,10-12H2,1-3H3,(H,22,25)(H,23,27). The Morgan fingerprint density at radius 1 is 1.32 bits per heavy atom. The first kappa shape index (κ1) is 20.2. The Hall–Kier alpha value is -2.57. The van der Waals surface area contributed by atoms with E-state index in [1.807, 2.05) is 32.0 Å². The second-order valence-corrected chi connectivity index (χ2v) is 7.81. The van der Waals surface area contributed by atoms with Crippen LogP contribution in [0.3, 0.4) is 0 Å². The summed E-state index contributed by atoms with van der Waals surface area (Å²) in [6, 6.07) is 5.33. The smallest absolute Gasteiger partial charge is 0.325 e. The largest absolute Gasteiger partial charge is 0.496 e. The van der Waals surface area contributed by atoms with Crippen molar-refractivity contribution in [2.75, 3.05) is 13.7 Å². The molecular formula is C21H29N3O4. The van der Waals surface area contributed by atoms with E-state index in [0.29, 0.717) is 19.3 Å². The SMILES string of the molecule is COc1ccc(C)cc1C(C)NC(=O)CCCN1C(=O)NC2(CCCC2)C1=O. The third-order valence-corrected chi connectivity index (χ3v) is 5.72. The summed E-state index contributed by atoms with van der Waals surface area (Å²) >= 11 is 0. The van der Waals surface area contributed by atoms with Gasteiger partial charge in [0.1, 0.15) is 11.3 Å². The van der Waals surface area contributed by atoms with Crippen LogP contribution in [0.15, 0.2) is 18.2 Å². The van der Waals surface area contributed by atoms with Gasteiger partial charge in [-0.15, -0.1) is 0 Å². The molecule has 2 aliphatic rings. The van der Waals surface area contributed by atoms with Gasteiger partial charge in [0.2, 0.25) is 5.91 Å². The number of amides is 4. The normalized spacial score (nSPS) is 19.0. The first-order chi connectivity index (χ1) is 13.4. The zero-order valence-corrected chi connectivity index (χ0v) is 16.8. The molecule has 0 radical (unpaired) electrons. The van der Waals surface area contributed by atoms with E-state index >= 15 is 0 Å². The lowest BCUT2D eigenvalue weighted by Gasteiger charge is -2.20. The number of nitrogens with one attached hydrogen (secondary N) is 2. The van der Waals surface area contributed by atoms with Gasteiger partial charge < -0.3 is 15.4 Å². The minimum absolute atomic E-state index is 0.112. The fourth-order valence-electron chi connectivity index (χ4n) is 4.18. The summed E-state index contributed by atoms with van der Waals surface area (Å²) in [6.07, 6.45) is 4.04. The molecule has 1 saturated carbocycles. The highest BCUT2D eigenvalue weighted by atomic mass is 16.5. The molecule has 3 rings (SSSR count). The molecule has 1 aliphatic carbocycles. The van der Waals surface area contributed by atoms with Gasteiger partial charge in [-0.1, -0.05) is 30.5 Å². The van der Waals surface area contributed by atoms with E-state index in [-0.39, 0.29) is 36.9 Å². The van der Waals surface area contributed by atoms with Crippen LogP contribution < -0.4 is 15.4 Å². The van der Waals surface area contributed by atoms with Crippen LogP contribution in [-0.4, -0.2) is 41.9 Å². The summed E-state index contributed by atoms with van der Waals surface area (Å²) < 4.78 is 5.38. The van der Waals surface area contributed by atoms with Crippen molar-refractivity contribution >= 4 is 17.8 Å². The number of carbonyl (C=O) groups is 3. The van der Waals surface area contributed by atoms with Crippen LogP contribution in [0.2, 0.25) is 0 Å². The fourth-order valence-corrected chi connectivity index (χ4v) is 4.18. The number of hydrogen-bond donors (Lipinski definition) is 2. The van der Waals surface area contributed by atoms with Crippen molar-refractivity contribution in [3.05, 3.63) is 29.3 Å². The number of urea groups is 1. The average Bonchev–Trinajstić information content (AvgIpc) is 3.22. The monoisotopic (exact) mass is 387 g/mol. The van der Waals surface area contributed by atoms with Gasteiger partial charge in [-0.3, -0.25) is 14.5 Å². The van der Waals surface area contributed by atoms with Gasteiger partial charge in [0, 0.05) is 18.5 Å². The van der Waals surface area contributed by atoms with Crippen molar-refractivity contribution < 1.29 is 19.1 Å². The van der Waals surface area contributed by atoms with Crippen molar-refractivity contribution in [2.24, 2.45) is 0 Å². The van der Waals surface area contributed by atoms with Crippen molar-refractivity contribution in [3.63, 3.8) is 0 Å². The Morgan fingerprint density at radius 3 is 2.71 bits per heavy atom. The highest BCUT2D eigenvalue weighted by Gasteiger charge is 2.52. The number of carbonyl (C=O) groups excluding carboxylic acids is 3. The van der Waals surface area contributed by atoms with Gasteiger partial charge >= 0.3 is 6.03 Å². The lowest BCUT2D eigenvalue weighted by Crippen LogP contribution is -2.44. The molecule has 1 saturated heterocycles. The van der Waals surface area contributed by atoms with Gasteiger partial charge in [0.05, 0.1) is 13.2 Å². The Morgan fingerprint density at radius 2 is 2.04 bits per heavy atom. The molecule has 4 amide bonds. The van der Waals surface area contributed by atoms with E-state index < -0.39 is 5.54 Å². The van der Waals surface area contributed by atoms with Gasteiger partial charge in [0.25, 0.3) is 5.91 Å². The highest BCUT2D eigenvalue weighted by molar-refractivity contribution is 6.07. The Kier molecular flexibility index (Phi) is 5.91. The van der Waals surface area contributed by atoms with Gasteiger partial charge in [0.15, 0.2) is 0 Å². The Balaban J connectivity index is 1.50.